The molecular formula is C44H30N4O. The van der Waals surface area contributed by atoms with Crippen LogP contribution in [0.25, 0.3) is 60.5 Å². The normalized spacial score (nSPS) is 14.4. The molecule has 0 spiro atoms. The summed E-state index contributed by atoms with van der Waals surface area (Å²) in [6.45, 7) is 0.755. The molecule has 10 rings (SSSR count). The molecule has 3 heterocycles. The zero-order valence-corrected chi connectivity index (χ0v) is 26.5. The summed E-state index contributed by atoms with van der Waals surface area (Å²) in [5.74, 6) is 2.41. The molecule has 2 aliphatic rings. The van der Waals surface area contributed by atoms with Gasteiger partial charge in [-0.25, -0.2) is 9.98 Å². The van der Waals surface area contributed by atoms with E-state index in [-0.39, 0.29) is 0 Å². The lowest BCUT2D eigenvalue weighted by Crippen LogP contribution is -2.36. The average molecular weight is 631 g/mol. The monoisotopic (exact) mass is 630 g/mol. The molecule has 5 heteroatoms. The maximum Gasteiger partial charge on any atom is 0.201 e. The third kappa shape index (κ3) is 4.70. The van der Waals surface area contributed by atoms with Crippen molar-refractivity contribution in [1.82, 2.24) is 5.32 Å². The number of amidine groups is 2. The lowest BCUT2D eigenvalue weighted by atomic mass is 9.91. The molecule has 1 aromatic heterocycles. The highest BCUT2D eigenvalue weighted by atomic mass is 16.3. The van der Waals surface area contributed by atoms with Crippen molar-refractivity contribution in [2.24, 2.45) is 9.98 Å². The van der Waals surface area contributed by atoms with Crippen molar-refractivity contribution in [2.45, 2.75) is 6.17 Å². The molecule has 2 N–H and O–H groups in total. The number of nitrogens with zero attached hydrogens (tertiary/aromatic N) is 2. The number of aliphatic imine (C=N–C) groups is 2. The standard InChI is InChI=1S/C44H30N4O/c1-3-11-29-23-32(20-18-27(29)9-1)41-46-42(33-21-19-28-10-2-4-12-30(28)24-33)48-43(47-41)34-25-31-13-5-6-14-35(31)38(26-34)36-15-7-17-39-40(36)37-16-8-22-45-44(37)49-39/h1-21,23-26,43,45H,22H2,(H,46,47,48). The number of fused-ring (bicyclic) bond motifs is 6. The highest BCUT2D eigenvalue weighted by Gasteiger charge is 2.24. The minimum Gasteiger partial charge on any atom is -0.440 e. The quantitative estimate of drug-likeness (QED) is 0.203. The Hall–Kier alpha value is -6.46. The molecule has 0 radical (unpaired) electrons. The fourth-order valence-electron chi connectivity index (χ4n) is 7.29. The summed E-state index contributed by atoms with van der Waals surface area (Å²) < 4.78 is 6.28. The van der Waals surface area contributed by atoms with E-state index in [4.69, 9.17) is 14.4 Å². The second kappa shape index (κ2) is 11.1. The van der Waals surface area contributed by atoms with Gasteiger partial charge in [0.2, 0.25) is 5.88 Å². The highest BCUT2D eigenvalue weighted by molar-refractivity contribution is 6.17. The van der Waals surface area contributed by atoms with Crippen molar-refractivity contribution >= 4 is 66.9 Å². The second-order valence-electron chi connectivity index (χ2n) is 12.7. The second-order valence-corrected chi connectivity index (χ2v) is 12.7. The number of anilines is 1. The van der Waals surface area contributed by atoms with Crippen LogP contribution in [0.5, 0.6) is 0 Å². The molecule has 0 aliphatic carbocycles. The smallest absolute Gasteiger partial charge is 0.201 e. The van der Waals surface area contributed by atoms with Gasteiger partial charge in [-0.2, -0.15) is 0 Å². The first kappa shape index (κ1) is 27.6. The van der Waals surface area contributed by atoms with Gasteiger partial charge in [0, 0.05) is 28.6 Å². The van der Waals surface area contributed by atoms with Crippen molar-refractivity contribution in [3.63, 3.8) is 0 Å². The Balaban J connectivity index is 1.18. The maximum atomic E-state index is 6.28. The molecule has 0 saturated heterocycles. The van der Waals surface area contributed by atoms with Gasteiger partial charge in [0.15, 0.2) is 6.17 Å². The van der Waals surface area contributed by atoms with Crippen LogP contribution in [0, 0.1) is 0 Å². The lowest BCUT2D eigenvalue weighted by Gasteiger charge is -2.23. The number of hydrogen-bond donors (Lipinski definition) is 2. The van der Waals surface area contributed by atoms with Crippen LogP contribution in [-0.4, -0.2) is 18.2 Å². The Morgan fingerprint density at radius 2 is 1.22 bits per heavy atom. The summed E-state index contributed by atoms with van der Waals surface area (Å²) in [6, 6.07) is 49.3. The van der Waals surface area contributed by atoms with Crippen LogP contribution in [0.1, 0.15) is 28.4 Å². The Bertz CT molecular complexity index is 2620. The summed E-state index contributed by atoms with van der Waals surface area (Å²) >= 11 is 0. The Kier molecular flexibility index (Phi) is 6.24. The largest absolute Gasteiger partial charge is 0.440 e. The lowest BCUT2D eigenvalue weighted by molar-refractivity contribution is 0.628. The zero-order valence-electron chi connectivity index (χ0n) is 26.5. The van der Waals surface area contributed by atoms with E-state index in [0.717, 1.165) is 73.8 Å². The molecule has 5 nitrogen and oxygen atoms in total. The van der Waals surface area contributed by atoms with Gasteiger partial charge >= 0.3 is 0 Å². The molecule has 0 amide bonds. The van der Waals surface area contributed by atoms with Crippen LogP contribution in [0.2, 0.25) is 0 Å². The predicted octanol–water partition coefficient (Wildman–Crippen LogP) is 10.5. The summed E-state index contributed by atoms with van der Waals surface area (Å²) in [7, 11) is 0. The van der Waals surface area contributed by atoms with Gasteiger partial charge in [0.1, 0.15) is 17.3 Å². The molecule has 0 saturated carbocycles. The first-order valence-corrected chi connectivity index (χ1v) is 16.7. The minimum atomic E-state index is -0.466. The Morgan fingerprint density at radius 1 is 0.571 bits per heavy atom. The van der Waals surface area contributed by atoms with Gasteiger partial charge in [-0.15, -0.1) is 0 Å². The van der Waals surface area contributed by atoms with Crippen molar-refractivity contribution in [1.29, 1.82) is 0 Å². The molecule has 8 aromatic rings. The molecule has 2 aliphatic heterocycles. The summed E-state index contributed by atoms with van der Waals surface area (Å²) in [4.78, 5) is 10.6. The topological polar surface area (TPSA) is 61.9 Å². The first-order valence-electron chi connectivity index (χ1n) is 16.7. The Morgan fingerprint density at radius 3 is 1.94 bits per heavy atom. The third-order valence-corrected chi connectivity index (χ3v) is 9.68. The average Bonchev–Trinajstić information content (AvgIpc) is 3.56. The van der Waals surface area contributed by atoms with E-state index in [1.54, 1.807) is 0 Å². The van der Waals surface area contributed by atoms with E-state index < -0.39 is 6.17 Å². The van der Waals surface area contributed by atoms with E-state index in [0.29, 0.717) is 0 Å². The SMILES string of the molecule is C1=Cc2c(oc3cccc(-c4cc(C5N=C(c6ccc7ccccc7c6)NC(c6ccc7ccccc7c6)=N5)cc5ccccc45)c23)NC1. The number of rotatable bonds is 4. The van der Waals surface area contributed by atoms with E-state index in [1.807, 2.05) is 6.07 Å². The van der Waals surface area contributed by atoms with Crippen molar-refractivity contribution < 1.29 is 4.42 Å². The van der Waals surface area contributed by atoms with Gasteiger partial charge in [-0.1, -0.05) is 121 Å². The minimum absolute atomic E-state index is 0.466. The molecule has 49 heavy (non-hydrogen) atoms. The van der Waals surface area contributed by atoms with Crippen molar-refractivity contribution in [3.05, 3.63) is 168 Å². The number of nitrogens with one attached hydrogen (secondary N) is 2. The molecule has 232 valence electrons. The highest BCUT2D eigenvalue weighted by Crippen LogP contribution is 2.42. The van der Waals surface area contributed by atoms with Gasteiger partial charge in [-0.05, 0) is 79.3 Å². The molecule has 0 fully saturated rings. The fraction of sp³-hybridized carbons (Fsp3) is 0.0455. The molecule has 7 aromatic carbocycles. The predicted molar refractivity (Wildman–Crippen MR) is 204 cm³/mol. The van der Waals surface area contributed by atoms with Crippen molar-refractivity contribution in [2.75, 3.05) is 11.9 Å². The molecule has 0 bridgehead atoms. The van der Waals surface area contributed by atoms with Crippen molar-refractivity contribution in [3.8, 4) is 11.1 Å². The van der Waals surface area contributed by atoms with E-state index in [1.165, 1.54) is 26.9 Å². The van der Waals surface area contributed by atoms with Gasteiger partial charge < -0.3 is 15.1 Å². The van der Waals surface area contributed by atoms with Crippen LogP contribution in [-0.2, 0) is 0 Å². The van der Waals surface area contributed by atoms with Crippen LogP contribution in [0.15, 0.2) is 160 Å². The number of furan rings is 1. The van der Waals surface area contributed by atoms with Gasteiger partial charge in [0.25, 0.3) is 0 Å². The van der Waals surface area contributed by atoms with E-state index >= 15 is 0 Å². The maximum absolute atomic E-state index is 6.28. The fourth-order valence-corrected chi connectivity index (χ4v) is 7.29. The summed E-state index contributed by atoms with van der Waals surface area (Å²) in [5.41, 5.74) is 7.27. The van der Waals surface area contributed by atoms with Gasteiger partial charge in [-0.3, -0.25) is 0 Å². The summed E-state index contributed by atoms with van der Waals surface area (Å²) in [5, 5.41) is 15.2. The van der Waals surface area contributed by atoms with Crippen LogP contribution < -0.4 is 10.6 Å². The zero-order chi connectivity index (χ0) is 32.3. The number of hydrogen-bond acceptors (Lipinski definition) is 5. The van der Waals surface area contributed by atoms with E-state index in [9.17, 15) is 0 Å². The first-order chi connectivity index (χ1) is 24.2. The van der Waals surface area contributed by atoms with Gasteiger partial charge in [0.05, 0.1) is 0 Å². The molecule has 0 atom stereocenters. The summed E-state index contributed by atoms with van der Waals surface area (Å²) in [6.07, 6.45) is 3.84. The van der Waals surface area contributed by atoms with Crippen LogP contribution in [0.3, 0.4) is 0 Å². The van der Waals surface area contributed by atoms with Crippen LogP contribution in [0.4, 0.5) is 5.88 Å². The van der Waals surface area contributed by atoms with E-state index in [2.05, 4.69) is 156 Å². The number of benzene rings is 7. The third-order valence-electron chi connectivity index (χ3n) is 9.68. The van der Waals surface area contributed by atoms with Crippen LogP contribution >= 0.6 is 0 Å². The Labute approximate surface area is 283 Å². The molecule has 0 unspecified atom stereocenters. The molecular weight excluding hydrogens is 601 g/mol.